The van der Waals surface area contributed by atoms with Crippen LogP contribution in [0.4, 0.5) is 0 Å². The third-order valence-electron chi connectivity index (χ3n) is 3.92. The summed E-state index contributed by atoms with van der Waals surface area (Å²) in [7, 11) is 0. The molecule has 1 fully saturated rings. The second-order valence-corrected chi connectivity index (χ2v) is 6.08. The Bertz CT molecular complexity index is 469. The van der Waals surface area contributed by atoms with Gasteiger partial charge in [-0.05, 0) is 57.2 Å². The fraction of sp³-hybridized carbons (Fsp3) is 0.588. The van der Waals surface area contributed by atoms with Crippen LogP contribution >= 0.6 is 0 Å². The van der Waals surface area contributed by atoms with Gasteiger partial charge >= 0.3 is 0 Å². The first-order valence-corrected chi connectivity index (χ1v) is 7.58. The topological polar surface area (TPSA) is 41.1 Å². The minimum absolute atomic E-state index is 0.171. The van der Waals surface area contributed by atoms with Gasteiger partial charge in [-0.15, -0.1) is 0 Å². The van der Waals surface area contributed by atoms with Crippen molar-refractivity contribution >= 4 is 5.91 Å². The molecule has 0 spiro atoms. The molecule has 1 aliphatic carbocycles. The van der Waals surface area contributed by atoms with E-state index < -0.39 is 0 Å². The molecule has 1 aromatic carbocycles. The standard InChI is InChI=1S/C17H26N2O/c1-11-9-12(2)17(13(3)10-11)14(4)18-8-7-16(20)19-15-5-6-15/h9-10,14-15,18H,5-8H2,1-4H3,(H,19,20). The van der Waals surface area contributed by atoms with Crippen LogP contribution in [-0.4, -0.2) is 18.5 Å². The fourth-order valence-corrected chi connectivity index (χ4v) is 2.91. The molecule has 1 saturated carbocycles. The molecule has 0 saturated heterocycles. The lowest BCUT2D eigenvalue weighted by atomic mass is 9.95. The van der Waals surface area contributed by atoms with E-state index >= 15 is 0 Å². The van der Waals surface area contributed by atoms with E-state index in [1.807, 2.05) is 0 Å². The number of nitrogens with one attached hydrogen (secondary N) is 2. The third kappa shape index (κ3) is 4.07. The number of rotatable bonds is 6. The molecular formula is C17H26N2O. The van der Waals surface area contributed by atoms with Crippen LogP contribution in [0.5, 0.6) is 0 Å². The largest absolute Gasteiger partial charge is 0.353 e. The lowest BCUT2D eigenvalue weighted by Crippen LogP contribution is -2.30. The Hall–Kier alpha value is -1.35. The zero-order valence-corrected chi connectivity index (χ0v) is 13.0. The normalized spacial score (nSPS) is 16.0. The van der Waals surface area contributed by atoms with Gasteiger partial charge in [-0.1, -0.05) is 17.7 Å². The van der Waals surface area contributed by atoms with Crippen molar-refractivity contribution in [2.45, 2.75) is 59.0 Å². The smallest absolute Gasteiger partial charge is 0.221 e. The van der Waals surface area contributed by atoms with Crippen LogP contribution in [0.25, 0.3) is 0 Å². The van der Waals surface area contributed by atoms with Gasteiger partial charge in [0, 0.05) is 25.0 Å². The van der Waals surface area contributed by atoms with Gasteiger partial charge in [-0.25, -0.2) is 0 Å². The summed E-state index contributed by atoms with van der Waals surface area (Å²) in [6.45, 7) is 9.35. The highest BCUT2D eigenvalue weighted by molar-refractivity contribution is 5.76. The van der Waals surface area contributed by atoms with Crippen molar-refractivity contribution in [3.8, 4) is 0 Å². The summed E-state index contributed by atoms with van der Waals surface area (Å²) in [5, 5.41) is 6.48. The van der Waals surface area contributed by atoms with Crippen LogP contribution in [0.15, 0.2) is 12.1 Å². The third-order valence-corrected chi connectivity index (χ3v) is 3.92. The second-order valence-electron chi connectivity index (χ2n) is 6.08. The summed E-state index contributed by atoms with van der Waals surface area (Å²) < 4.78 is 0. The molecule has 1 atom stereocenters. The Morgan fingerprint density at radius 1 is 1.25 bits per heavy atom. The number of carbonyl (C=O) groups excluding carboxylic acids is 1. The average Bonchev–Trinajstić information content (AvgIpc) is 3.11. The Labute approximate surface area is 122 Å². The molecule has 1 amide bonds. The maximum Gasteiger partial charge on any atom is 0.221 e. The molecule has 0 bridgehead atoms. The number of aryl methyl sites for hydroxylation is 3. The Morgan fingerprint density at radius 2 is 1.85 bits per heavy atom. The summed E-state index contributed by atoms with van der Waals surface area (Å²) in [6, 6.07) is 5.19. The number of carbonyl (C=O) groups is 1. The van der Waals surface area contributed by atoms with Gasteiger partial charge in [-0.3, -0.25) is 4.79 Å². The van der Waals surface area contributed by atoms with E-state index in [0.717, 1.165) is 19.4 Å². The molecule has 1 aliphatic rings. The van der Waals surface area contributed by atoms with Crippen molar-refractivity contribution in [2.75, 3.05) is 6.54 Å². The molecule has 0 heterocycles. The molecule has 0 radical (unpaired) electrons. The summed E-state index contributed by atoms with van der Waals surface area (Å²) in [5.41, 5.74) is 5.31. The van der Waals surface area contributed by atoms with Gasteiger partial charge in [0.15, 0.2) is 0 Å². The van der Waals surface area contributed by atoms with E-state index in [0.29, 0.717) is 12.5 Å². The van der Waals surface area contributed by atoms with E-state index in [1.165, 1.54) is 22.3 Å². The SMILES string of the molecule is Cc1cc(C)c(C(C)NCCC(=O)NC2CC2)c(C)c1. The minimum Gasteiger partial charge on any atom is -0.353 e. The van der Waals surface area contributed by atoms with Gasteiger partial charge in [0.05, 0.1) is 0 Å². The number of benzene rings is 1. The van der Waals surface area contributed by atoms with Gasteiger partial charge in [0.25, 0.3) is 0 Å². The van der Waals surface area contributed by atoms with Crippen molar-refractivity contribution < 1.29 is 4.79 Å². The molecule has 1 aromatic rings. The lowest BCUT2D eigenvalue weighted by Gasteiger charge is -2.19. The van der Waals surface area contributed by atoms with E-state index in [4.69, 9.17) is 0 Å². The first kappa shape index (κ1) is 15.0. The molecule has 0 aromatic heterocycles. The van der Waals surface area contributed by atoms with Crippen molar-refractivity contribution in [1.29, 1.82) is 0 Å². The average molecular weight is 274 g/mol. The number of hydrogen-bond donors (Lipinski definition) is 2. The zero-order chi connectivity index (χ0) is 14.7. The van der Waals surface area contributed by atoms with Crippen LogP contribution < -0.4 is 10.6 Å². The van der Waals surface area contributed by atoms with E-state index in [-0.39, 0.29) is 11.9 Å². The van der Waals surface area contributed by atoms with Gasteiger partial charge in [0.2, 0.25) is 5.91 Å². The molecule has 2 N–H and O–H groups in total. The van der Waals surface area contributed by atoms with Crippen LogP contribution in [0.3, 0.4) is 0 Å². The lowest BCUT2D eigenvalue weighted by molar-refractivity contribution is -0.121. The predicted octanol–water partition coefficient (Wildman–Crippen LogP) is 2.93. The van der Waals surface area contributed by atoms with E-state index in [2.05, 4.69) is 50.5 Å². The predicted molar refractivity (Wildman–Crippen MR) is 82.9 cm³/mol. The first-order chi connectivity index (χ1) is 9.47. The van der Waals surface area contributed by atoms with Crippen molar-refractivity contribution in [3.05, 3.63) is 34.4 Å². The van der Waals surface area contributed by atoms with Crippen LogP contribution in [-0.2, 0) is 4.79 Å². The van der Waals surface area contributed by atoms with E-state index in [9.17, 15) is 4.79 Å². The van der Waals surface area contributed by atoms with Crippen molar-refractivity contribution in [2.24, 2.45) is 0 Å². The molecule has 1 unspecified atom stereocenters. The quantitative estimate of drug-likeness (QED) is 0.837. The van der Waals surface area contributed by atoms with Gasteiger partial charge in [-0.2, -0.15) is 0 Å². The fourth-order valence-electron chi connectivity index (χ4n) is 2.91. The Kier molecular flexibility index (Phi) is 4.81. The molecule has 2 rings (SSSR count). The highest BCUT2D eigenvalue weighted by atomic mass is 16.1. The Morgan fingerprint density at radius 3 is 2.40 bits per heavy atom. The number of hydrogen-bond acceptors (Lipinski definition) is 2. The van der Waals surface area contributed by atoms with Crippen LogP contribution in [0.2, 0.25) is 0 Å². The summed E-state index contributed by atoms with van der Waals surface area (Å²) >= 11 is 0. The van der Waals surface area contributed by atoms with Crippen molar-refractivity contribution in [3.63, 3.8) is 0 Å². The summed E-state index contributed by atoms with van der Waals surface area (Å²) in [5.74, 6) is 0.171. The minimum atomic E-state index is 0.171. The van der Waals surface area contributed by atoms with Crippen LogP contribution in [0.1, 0.15) is 54.5 Å². The first-order valence-electron chi connectivity index (χ1n) is 7.58. The molecular weight excluding hydrogens is 248 g/mol. The zero-order valence-electron chi connectivity index (χ0n) is 13.0. The maximum absolute atomic E-state index is 11.6. The van der Waals surface area contributed by atoms with Gasteiger partial charge in [0.1, 0.15) is 0 Å². The molecule has 3 heteroatoms. The Balaban J connectivity index is 1.85. The highest BCUT2D eigenvalue weighted by Crippen LogP contribution is 2.23. The molecule has 110 valence electrons. The second kappa shape index (κ2) is 6.40. The maximum atomic E-state index is 11.6. The number of amides is 1. The molecule has 0 aliphatic heterocycles. The van der Waals surface area contributed by atoms with Gasteiger partial charge < -0.3 is 10.6 Å². The highest BCUT2D eigenvalue weighted by Gasteiger charge is 2.22. The van der Waals surface area contributed by atoms with E-state index in [1.54, 1.807) is 0 Å². The summed E-state index contributed by atoms with van der Waals surface area (Å²) in [6.07, 6.45) is 2.86. The van der Waals surface area contributed by atoms with Crippen LogP contribution in [0, 0.1) is 20.8 Å². The monoisotopic (exact) mass is 274 g/mol. The summed E-state index contributed by atoms with van der Waals surface area (Å²) in [4.78, 5) is 11.6. The molecule has 3 nitrogen and oxygen atoms in total. The molecule has 20 heavy (non-hydrogen) atoms. The van der Waals surface area contributed by atoms with Crippen molar-refractivity contribution in [1.82, 2.24) is 10.6 Å².